The highest BCUT2D eigenvalue weighted by Gasteiger charge is 2.28. The van der Waals surface area contributed by atoms with Gasteiger partial charge in [0.05, 0.1) is 25.8 Å². The number of ether oxygens (including phenoxy) is 2. The van der Waals surface area contributed by atoms with Crippen LogP contribution in [0.3, 0.4) is 0 Å². The molecule has 0 bridgehead atoms. The van der Waals surface area contributed by atoms with Crippen LogP contribution < -0.4 is 14.8 Å². The van der Waals surface area contributed by atoms with E-state index in [0.29, 0.717) is 49.7 Å². The summed E-state index contributed by atoms with van der Waals surface area (Å²) < 4.78 is 25.6. The van der Waals surface area contributed by atoms with Gasteiger partial charge in [-0.05, 0) is 37.5 Å². The van der Waals surface area contributed by atoms with E-state index in [9.17, 15) is 19.1 Å². The fourth-order valence-corrected chi connectivity index (χ4v) is 4.00. The third-order valence-corrected chi connectivity index (χ3v) is 5.64. The van der Waals surface area contributed by atoms with Crippen LogP contribution in [0.25, 0.3) is 0 Å². The van der Waals surface area contributed by atoms with Crippen LogP contribution in [0.4, 0.5) is 4.39 Å². The van der Waals surface area contributed by atoms with Crippen molar-refractivity contribution in [1.82, 2.24) is 10.2 Å². The monoisotopic (exact) mass is 444 g/mol. The van der Waals surface area contributed by atoms with Gasteiger partial charge in [0, 0.05) is 37.2 Å². The van der Waals surface area contributed by atoms with Gasteiger partial charge in [0.1, 0.15) is 17.3 Å². The Morgan fingerprint density at radius 1 is 1.28 bits per heavy atom. The number of hydrogen-bond donors (Lipinski definition) is 2. The molecule has 3 rings (SSSR count). The maximum atomic E-state index is 14.7. The summed E-state index contributed by atoms with van der Waals surface area (Å²) in [5, 5.41) is 12.3. The minimum atomic E-state index is -1.29. The van der Waals surface area contributed by atoms with E-state index in [-0.39, 0.29) is 23.9 Å². The number of carboxylic acids is 1. The largest absolute Gasteiger partial charge is 0.497 e. The van der Waals surface area contributed by atoms with Crippen molar-refractivity contribution in [2.24, 2.45) is 0 Å². The van der Waals surface area contributed by atoms with Crippen LogP contribution in [0.1, 0.15) is 47.2 Å². The van der Waals surface area contributed by atoms with Gasteiger partial charge in [0.25, 0.3) is 0 Å². The van der Waals surface area contributed by atoms with Crippen molar-refractivity contribution in [3.63, 3.8) is 0 Å². The van der Waals surface area contributed by atoms with E-state index in [1.54, 1.807) is 24.1 Å². The predicted molar refractivity (Wildman–Crippen MR) is 118 cm³/mol. The molecule has 1 atom stereocenters. The van der Waals surface area contributed by atoms with E-state index >= 15 is 0 Å². The third-order valence-electron chi connectivity index (χ3n) is 5.64. The number of carboxylic acid groups (broad SMARTS) is 1. The Bertz CT molecular complexity index is 965. The normalized spacial score (nSPS) is 16.0. The van der Waals surface area contributed by atoms with Gasteiger partial charge >= 0.3 is 5.97 Å². The molecule has 172 valence electrons. The van der Waals surface area contributed by atoms with Crippen LogP contribution in [-0.2, 0) is 11.3 Å². The van der Waals surface area contributed by atoms with Crippen LogP contribution in [-0.4, -0.2) is 55.2 Å². The zero-order valence-corrected chi connectivity index (χ0v) is 18.4. The van der Waals surface area contributed by atoms with Crippen LogP contribution >= 0.6 is 0 Å². The van der Waals surface area contributed by atoms with E-state index in [4.69, 9.17) is 9.47 Å². The Balaban J connectivity index is 1.60. The number of halogens is 1. The molecule has 7 nitrogen and oxygen atoms in total. The van der Waals surface area contributed by atoms with Crippen molar-refractivity contribution in [3.05, 3.63) is 58.9 Å². The molecule has 2 aromatic carbocycles. The molecule has 0 saturated carbocycles. The molecule has 1 unspecified atom stereocenters. The quantitative estimate of drug-likeness (QED) is 0.616. The van der Waals surface area contributed by atoms with Crippen molar-refractivity contribution in [1.29, 1.82) is 0 Å². The van der Waals surface area contributed by atoms with Crippen molar-refractivity contribution < 1.29 is 28.6 Å². The van der Waals surface area contributed by atoms with E-state index in [1.807, 2.05) is 25.1 Å². The van der Waals surface area contributed by atoms with Crippen LogP contribution in [0.2, 0.25) is 0 Å². The SMILES string of the molecule is CCOc1cc(OC)ccc1CNCC(=O)N1CCCC(c2cccc(C(=O)O)c2F)C1. The first-order valence-electron chi connectivity index (χ1n) is 10.7. The minimum Gasteiger partial charge on any atom is -0.497 e. The number of methoxy groups -OCH3 is 1. The molecule has 1 amide bonds. The number of carbonyl (C=O) groups excluding carboxylic acids is 1. The summed E-state index contributed by atoms with van der Waals surface area (Å²) in [5.41, 5.74) is 0.941. The lowest BCUT2D eigenvalue weighted by Crippen LogP contribution is -2.43. The molecule has 32 heavy (non-hydrogen) atoms. The van der Waals surface area contributed by atoms with Gasteiger partial charge in [-0.3, -0.25) is 4.79 Å². The average molecular weight is 445 g/mol. The topological polar surface area (TPSA) is 88.1 Å². The minimum absolute atomic E-state index is 0.0732. The first kappa shape index (κ1) is 23.5. The fraction of sp³-hybridized carbons (Fsp3) is 0.417. The maximum absolute atomic E-state index is 14.7. The second-order valence-electron chi connectivity index (χ2n) is 7.70. The van der Waals surface area contributed by atoms with Crippen molar-refractivity contribution in [2.75, 3.05) is 33.4 Å². The molecule has 1 heterocycles. The zero-order valence-electron chi connectivity index (χ0n) is 18.4. The smallest absolute Gasteiger partial charge is 0.338 e. The van der Waals surface area contributed by atoms with Crippen LogP contribution in [0.15, 0.2) is 36.4 Å². The second kappa shape index (κ2) is 10.9. The van der Waals surface area contributed by atoms with E-state index in [1.165, 1.54) is 6.07 Å². The van der Waals surface area contributed by atoms with Crippen molar-refractivity contribution >= 4 is 11.9 Å². The predicted octanol–water partition coefficient (Wildman–Crippen LogP) is 3.43. The Hall–Kier alpha value is -3.13. The molecular formula is C24H29FN2O5. The number of likely N-dealkylation sites (tertiary alicyclic amines) is 1. The molecule has 8 heteroatoms. The van der Waals surface area contributed by atoms with Crippen molar-refractivity contribution in [2.45, 2.75) is 32.2 Å². The molecule has 0 aliphatic carbocycles. The molecule has 1 aliphatic rings. The highest BCUT2D eigenvalue weighted by atomic mass is 19.1. The summed E-state index contributed by atoms with van der Waals surface area (Å²) in [6.45, 7) is 3.99. The highest BCUT2D eigenvalue weighted by molar-refractivity contribution is 5.88. The van der Waals surface area contributed by atoms with Gasteiger partial charge in [-0.1, -0.05) is 18.2 Å². The summed E-state index contributed by atoms with van der Waals surface area (Å²) in [5.74, 6) is -0.887. The Morgan fingerprint density at radius 3 is 2.81 bits per heavy atom. The summed E-state index contributed by atoms with van der Waals surface area (Å²) in [4.78, 5) is 25.7. The number of hydrogen-bond acceptors (Lipinski definition) is 5. The molecule has 0 radical (unpaired) electrons. The standard InChI is InChI=1S/C24H29FN2O5/c1-3-32-21-12-18(31-2)10-9-16(21)13-26-14-22(28)27-11-5-6-17(15-27)19-7-4-8-20(23(19)25)24(29)30/h4,7-10,12,17,26H,3,5-6,11,13-15H2,1-2H3,(H,29,30). The van der Waals surface area contributed by atoms with Gasteiger partial charge in [-0.2, -0.15) is 0 Å². The zero-order chi connectivity index (χ0) is 23.1. The lowest BCUT2D eigenvalue weighted by atomic mass is 9.89. The Labute approximate surface area is 187 Å². The number of piperidine rings is 1. The van der Waals surface area contributed by atoms with Crippen LogP contribution in [0, 0.1) is 5.82 Å². The van der Waals surface area contributed by atoms with E-state index in [0.717, 1.165) is 12.0 Å². The molecule has 1 aliphatic heterocycles. The highest BCUT2D eigenvalue weighted by Crippen LogP contribution is 2.30. The number of nitrogens with zero attached hydrogens (tertiary/aromatic N) is 1. The molecule has 0 aromatic heterocycles. The Kier molecular flexibility index (Phi) is 8.05. The molecular weight excluding hydrogens is 415 g/mol. The number of amides is 1. The summed E-state index contributed by atoms with van der Waals surface area (Å²) in [6.07, 6.45) is 1.45. The second-order valence-corrected chi connectivity index (χ2v) is 7.70. The fourth-order valence-electron chi connectivity index (χ4n) is 4.00. The van der Waals surface area contributed by atoms with E-state index < -0.39 is 11.8 Å². The first-order valence-corrected chi connectivity index (χ1v) is 10.7. The lowest BCUT2D eigenvalue weighted by Gasteiger charge is -2.33. The molecule has 1 fully saturated rings. The number of carbonyl (C=O) groups is 2. The molecule has 1 saturated heterocycles. The van der Waals surface area contributed by atoms with Gasteiger partial charge in [-0.25, -0.2) is 9.18 Å². The third kappa shape index (κ3) is 5.56. The van der Waals surface area contributed by atoms with Gasteiger partial charge < -0.3 is 24.8 Å². The maximum Gasteiger partial charge on any atom is 0.338 e. The number of benzene rings is 2. The molecule has 2 aromatic rings. The number of aromatic carboxylic acids is 1. The molecule has 0 spiro atoms. The van der Waals surface area contributed by atoms with Gasteiger partial charge in [0.15, 0.2) is 0 Å². The number of rotatable bonds is 9. The van der Waals surface area contributed by atoms with Gasteiger partial charge in [0.2, 0.25) is 5.91 Å². The molecule has 2 N–H and O–H groups in total. The summed E-state index contributed by atoms with van der Waals surface area (Å²) >= 11 is 0. The summed E-state index contributed by atoms with van der Waals surface area (Å²) in [7, 11) is 1.59. The Morgan fingerprint density at radius 2 is 2.09 bits per heavy atom. The van der Waals surface area contributed by atoms with Gasteiger partial charge in [-0.15, -0.1) is 0 Å². The average Bonchev–Trinajstić information content (AvgIpc) is 2.80. The van der Waals surface area contributed by atoms with E-state index in [2.05, 4.69) is 5.32 Å². The lowest BCUT2D eigenvalue weighted by molar-refractivity contribution is -0.131. The summed E-state index contributed by atoms with van der Waals surface area (Å²) in [6, 6.07) is 9.98. The first-order chi connectivity index (χ1) is 15.4. The van der Waals surface area contributed by atoms with Crippen molar-refractivity contribution in [3.8, 4) is 11.5 Å². The van der Waals surface area contributed by atoms with Crippen LogP contribution in [0.5, 0.6) is 11.5 Å². The number of nitrogens with one attached hydrogen (secondary N) is 1.